The second-order valence-corrected chi connectivity index (χ2v) is 15.8. The Balaban J connectivity index is 1.15. The monoisotopic (exact) mass is 788 g/mol. The first-order valence-corrected chi connectivity index (χ1v) is 18.6. The standard InChI is InChI=1S/C35H36ClF3N8O6S/c1-33(2,19-41-28(49)29(50)42-24-12-14-26(15-13-24)54(3,51)52)18-40-27(48)21-4-10-25(11-5-21)43-30-44-31(46-32(45-30)53-20-35(37,38)39)47-34(16-17-34)22-6-8-23(36)9-7-22/h4-15H,16-20H2,1-3H3,(H,40,48)(H,41,49)(H,42,50)(H2,43,44,45,46,47). The molecule has 0 atom stereocenters. The van der Waals surface area contributed by atoms with Crippen LogP contribution in [0.2, 0.25) is 5.02 Å². The molecule has 1 aliphatic carbocycles. The number of hydrogen-bond donors (Lipinski definition) is 5. The van der Waals surface area contributed by atoms with Crippen molar-refractivity contribution in [2.75, 3.05) is 41.9 Å². The fraction of sp³-hybridized carbons (Fsp3) is 0.314. The van der Waals surface area contributed by atoms with E-state index < -0.39 is 57.3 Å². The molecule has 1 aromatic heterocycles. The van der Waals surface area contributed by atoms with Gasteiger partial charge in [0.15, 0.2) is 16.4 Å². The van der Waals surface area contributed by atoms with Crippen molar-refractivity contribution in [3.8, 4) is 6.01 Å². The number of nitrogens with one attached hydrogen (secondary N) is 5. The highest BCUT2D eigenvalue weighted by atomic mass is 35.5. The number of anilines is 4. The molecule has 14 nitrogen and oxygen atoms in total. The fourth-order valence-electron chi connectivity index (χ4n) is 4.96. The number of amides is 3. The molecule has 3 aromatic carbocycles. The van der Waals surface area contributed by atoms with Crippen molar-refractivity contribution in [1.29, 1.82) is 0 Å². The zero-order valence-corrected chi connectivity index (χ0v) is 30.7. The highest BCUT2D eigenvalue weighted by Gasteiger charge is 2.45. The first-order valence-electron chi connectivity index (χ1n) is 16.3. The van der Waals surface area contributed by atoms with E-state index >= 15 is 0 Å². The van der Waals surface area contributed by atoms with Gasteiger partial charge in [-0.3, -0.25) is 14.4 Å². The number of alkyl halides is 3. The zero-order valence-electron chi connectivity index (χ0n) is 29.2. The first kappa shape index (κ1) is 39.7. The number of sulfone groups is 1. The minimum atomic E-state index is -4.62. The van der Waals surface area contributed by atoms with Gasteiger partial charge in [-0.25, -0.2) is 8.42 Å². The van der Waals surface area contributed by atoms with Crippen molar-refractivity contribution in [2.45, 2.75) is 43.3 Å². The average Bonchev–Trinajstić information content (AvgIpc) is 3.89. The number of carbonyl (C=O) groups excluding carboxylic acids is 3. The molecule has 0 unspecified atom stereocenters. The van der Waals surface area contributed by atoms with Crippen LogP contribution >= 0.6 is 11.6 Å². The van der Waals surface area contributed by atoms with Gasteiger partial charge in [0.2, 0.25) is 11.9 Å². The first-order chi connectivity index (χ1) is 25.3. The Hall–Kier alpha value is -5.49. The van der Waals surface area contributed by atoms with Gasteiger partial charge in [-0.2, -0.15) is 28.1 Å². The summed E-state index contributed by atoms with van der Waals surface area (Å²) >= 11 is 6.03. The highest BCUT2D eigenvalue weighted by Crippen LogP contribution is 2.48. The smallest absolute Gasteiger partial charge is 0.422 e. The van der Waals surface area contributed by atoms with Gasteiger partial charge in [-0.05, 0) is 84.5 Å². The van der Waals surface area contributed by atoms with E-state index in [1.807, 2.05) is 12.1 Å². The quantitative estimate of drug-likeness (QED) is 0.105. The lowest BCUT2D eigenvalue weighted by atomic mass is 9.93. The number of aromatic nitrogens is 3. The lowest BCUT2D eigenvalue weighted by Crippen LogP contribution is -2.44. The number of halogens is 4. The second-order valence-electron chi connectivity index (χ2n) is 13.4. The van der Waals surface area contributed by atoms with E-state index in [2.05, 4.69) is 41.5 Å². The van der Waals surface area contributed by atoms with Gasteiger partial charge in [0.1, 0.15) is 0 Å². The van der Waals surface area contributed by atoms with E-state index in [1.54, 1.807) is 38.1 Å². The zero-order chi connectivity index (χ0) is 39.3. The van der Waals surface area contributed by atoms with Crippen molar-refractivity contribution >= 4 is 62.4 Å². The molecular formula is C35H36ClF3N8O6S. The van der Waals surface area contributed by atoms with Gasteiger partial charge in [-0.15, -0.1) is 0 Å². The molecule has 1 saturated carbocycles. The maximum absolute atomic E-state index is 12.9. The SMILES string of the molecule is CC(C)(CNC(=O)C(=O)Nc1ccc(S(C)(=O)=O)cc1)CNC(=O)c1ccc(Nc2nc(NC3(c4ccc(Cl)cc4)CC3)nc(OCC(F)(F)F)n2)cc1. The molecule has 1 heterocycles. The molecule has 0 saturated heterocycles. The minimum Gasteiger partial charge on any atom is -0.454 e. The van der Waals surface area contributed by atoms with E-state index in [0.717, 1.165) is 24.7 Å². The van der Waals surface area contributed by atoms with Crippen LogP contribution in [0.25, 0.3) is 0 Å². The number of ether oxygens (including phenoxy) is 1. The van der Waals surface area contributed by atoms with Crippen molar-refractivity contribution in [3.05, 3.63) is 88.9 Å². The van der Waals surface area contributed by atoms with Crippen LogP contribution in [-0.4, -0.2) is 73.2 Å². The van der Waals surface area contributed by atoms with Crippen LogP contribution in [0, 0.1) is 5.41 Å². The Morgan fingerprint density at radius 1 is 0.815 bits per heavy atom. The van der Waals surface area contributed by atoms with Gasteiger partial charge >= 0.3 is 24.0 Å². The largest absolute Gasteiger partial charge is 0.454 e. The molecule has 19 heteroatoms. The van der Waals surface area contributed by atoms with Crippen LogP contribution in [0.5, 0.6) is 6.01 Å². The van der Waals surface area contributed by atoms with Crippen LogP contribution in [-0.2, 0) is 25.0 Å². The molecule has 1 fully saturated rings. The minimum absolute atomic E-state index is 0.00576. The second kappa shape index (κ2) is 15.9. The third-order valence-electron chi connectivity index (χ3n) is 8.08. The summed E-state index contributed by atoms with van der Waals surface area (Å²) in [6, 6.07) is 18.1. The molecule has 5 N–H and O–H groups in total. The predicted octanol–water partition coefficient (Wildman–Crippen LogP) is 5.23. The van der Waals surface area contributed by atoms with Gasteiger partial charge in [-0.1, -0.05) is 37.6 Å². The lowest BCUT2D eigenvalue weighted by Gasteiger charge is -2.25. The fourth-order valence-corrected chi connectivity index (χ4v) is 5.72. The summed E-state index contributed by atoms with van der Waals surface area (Å²) in [4.78, 5) is 50.1. The summed E-state index contributed by atoms with van der Waals surface area (Å²) in [5.41, 5.74) is 0.632. The molecule has 0 radical (unpaired) electrons. The molecule has 4 aromatic rings. The average molecular weight is 789 g/mol. The van der Waals surface area contributed by atoms with Crippen LogP contribution in [0.1, 0.15) is 42.6 Å². The van der Waals surface area contributed by atoms with E-state index in [1.165, 1.54) is 36.4 Å². The van der Waals surface area contributed by atoms with E-state index in [-0.39, 0.29) is 41.1 Å². The number of benzene rings is 3. The number of hydrogen-bond acceptors (Lipinski definition) is 11. The van der Waals surface area contributed by atoms with E-state index in [0.29, 0.717) is 10.7 Å². The maximum atomic E-state index is 12.9. The Bertz CT molecular complexity index is 2110. The van der Waals surface area contributed by atoms with Crippen molar-refractivity contribution < 1.29 is 40.7 Å². The van der Waals surface area contributed by atoms with Crippen molar-refractivity contribution in [3.63, 3.8) is 0 Å². The summed E-state index contributed by atoms with van der Waals surface area (Å²) in [5, 5.41) is 14.4. The summed E-state index contributed by atoms with van der Waals surface area (Å²) in [6.07, 6.45) is -2.12. The van der Waals surface area contributed by atoms with Gasteiger partial charge in [0.05, 0.1) is 10.4 Å². The Morgan fingerprint density at radius 2 is 1.41 bits per heavy atom. The summed E-state index contributed by atoms with van der Waals surface area (Å²) in [6.45, 7) is 2.10. The molecule has 54 heavy (non-hydrogen) atoms. The molecule has 1 aliphatic rings. The predicted molar refractivity (Wildman–Crippen MR) is 194 cm³/mol. The Morgan fingerprint density at radius 3 is 2.00 bits per heavy atom. The molecule has 0 spiro atoms. The summed E-state index contributed by atoms with van der Waals surface area (Å²) in [7, 11) is -3.42. The molecular weight excluding hydrogens is 753 g/mol. The number of rotatable bonds is 14. The summed E-state index contributed by atoms with van der Waals surface area (Å²) in [5.74, 6) is -2.40. The van der Waals surface area contributed by atoms with Crippen molar-refractivity contribution in [1.82, 2.24) is 25.6 Å². The topological polar surface area (TPSA) is 193 Å². The van der Waals surface area contributed by atoms with Gasteiger partial charge in [0, 0.05) is 41.3 Å². The van der Waals surface area contributed by atoms with Gasteiger partial charge < -0.3 is 31.3 Å². The van der Waals surface area contributed by atoms with Crippen LogP contribution < -0.4 is 31.3 Å². The molecule has 0 bridgehead atoms. The molecule has 3 amide bonds. The summed E-state index contributed by atoms with van der Waals surface area (Å²) < 4.78 is 66.9. The Labute approximate surface area is 313 Å². The highest BCUT2D eigenvalue weighted by molar-refractivity contribution is 7.90. The third kappa shape index (κ3) is 11.3. The van der Waals surface area contributed by atoms with Gasteiger partial charge in [0.25, 0.3) is 5.91 Å². The molecule has 286 valence electrons. The third-order valence-corrected chi connectivity index (χ3v) is 9.46. The number of nitrogens with zero attached hydrogens (tertiary/aromatic N) is 3. The van der Waals surface area contributed by atoms with E-state index in [4.69, 9.17) is 16.3 Å². The van der Waals surface area contributed by atoms with Crippen LogP contribution in [0.4, 0.5) is 36.4 Å². The number of carbonyl (C=O) groups is 3. The maximum Gasteiger partial charge on any atom is 0.422 e. The van der Waals surface area contributed by atoms with E-state index in [9.17, 15) is 36.0 Å². The molecule has 0 aliphatic heterocycles. The molecule has 5 rings (SSSR count). The van der Waals surface area contributed by atoms with Crippen molar-refractivity contribution in [2.24, 2.45) is 5.41 Å². The van der Waals surface area contributed by atoms with Crippen LogP contribution in [0.15, 0.2) is 77.7 Å². The lowest BCUT2D eigenvalue weighted by molar-refractivity contribution is -0.154. The Kier molecular flexibility index (Phi) is 11.7. The normalized spacial score (nSPS) is 13.7. The van der Waals surface area contributed by atoms with Crippen LogP contribution in [0.3, 0.4) is 0 Å².